The molecule has 0 radical (unpaired) electrons. The monoisotopic (exact) mass is 396 g/mol. The number of halogens is 1. The largest absolute Gasteiger partial charge is 0.361 e. The van der Waals surface area contributed by atoms with E-state index >= 15 is 0 Å². The zero-order valence-corrected chi connectivity index (χ0v) is 15.6. The normalized spacial score (nSPS) is 16.7. The average molecular weight is 397 g/mol. The van der Waals surface area contributed by atoms with Crippen molar-refractivity contribution in [2.24, 2.45) is 0 Å². The van der Waals surface area contributed by atoms with Crippen molar-refractivity contribution in [2.75, 3.05) is 18.8 Å². The molecule has 0 atom stereocenters. The molecular weight excluding hydrogens is 376 g/mol. The molecule has 124 valence electrons. The molecule has 4 nitrogen and oxygen atoms in total. The molecule has 0 saturated carbocycles. The van der Waals surface area contributed by atoms with Crippen molar-refractivity contribution < 1.29 is 8.42 Å². The van der Waals surface area contributed by atoms with Crippen molar-refractivity contribution in [3.63, 3.8) is 0 Å². The molecule has 2 heterocycles. The number of benzene rings is 1. The van der Waals surface area contributed by atoms with Crippen molar-refractivity contribution in [2.45, 2.75) is 26.2 Å². The topological polar surface area (TPSA) is 53.2 Å². The standard InChI is InChI=1S/C17H21BrN2O2S/c1-2-3-10-23(21,22)20-8-6-13(7-9-20)16-12-19-17-5-4-14(18)11-15(16)17/h4-6,11-12,19H,2-3,7-10H2,1H3. The molecule has 2 aromatic rings. The van der Waals surface area contributed by atoms with Crippen molar-refractivity contribution in [1.29, 1.82) is 0 Å². The van der Waals surface area contributed by atoms with Crippen molar-refractivity contribution in [3.05, 3.63) is 40.5 Å². The fourth-order valence-corrected chi connectivity index (χ4v) is 4.91. The molecule has 0 aliphatic carbocycles. The molecule has 0 saturated heterocycles. The summed E-state index contributed by atoms with van der Waals surface area (Å²) in [5.74, 6) is 0.257. The summed E-state index contributed by atoms with van der Waals surface area (Å²) < 4.78 is 27.2. The Morgan fingerprint density at radius 1 is 1.35 bits per heavy atom. The number of hydrogen-bond acceptors (Lipinski definition) is 2. The van der Waals surface area contributed by atoms with Gasteiger partial charge in [-0.25, -0.2) is 8.42 Å². The van der Waals surface area contributed by atoms with E-state index in [1.54, 1.807) is 4.31 Å². The minimum Gasteiger partial charge on any atom is -0.361 e. The fourth-order valence-electron chi connectivity index (χ4n) is 2.96. The molecular formula is C17H21BrN2O2S. The van der Waals surface area contributed by atoms with Crippen LogP contribution in [0.5, 0.6) is 0 Å². The van der Waals surface area contributed by atoms with Crippen LogP contribution in [0, 0.1) is 0 Å². The average Bonchev–Trinajstić information content (AvgIpc) is 2.96. The van der Waals surface area contributed by atoms with Gasteiger partial charge in [0.1, 0.15) is 0 Å². The molecule has 0 bridgehead atoms. The molecule has 0 amide bonds. The third-order valence-electron chi connectivity index (χ3n) is 4.31. The molecule has 23 heavy (non-hydrogen) atoms. The Bertz CT molecular complexity index is 839. The quantitative estimate of drug-likeness (QED) is 0.824. The van der Waals surface area contributed by atoms with Crippen LogP contribution >= 0.6 is 15.9 Å². The fraction of sp³-hybridized carbons (Fsp3) is 0.412. The lowest BCUT2D eigenvalue weighted by Crippen LogP contribution is -2.36. The van der Waals surface area contributed by atoms with Crippen molar-refractivity contribution in [1.82, 2.24) is 9.29 Å². The summed E-state index contributed by atoms with van der Waals surface area (Å²) in [5, 5.41) is 1.17. The Labute approximate surface area is 145 Å². The molecule has 1 aliphatic heterocycles. The number of hydrogen-bond donors (Lipinski definition) is 1. The molecule has 0 spiro atoms. The van der Waals surface area contributed by atoms with Crippen LogP contribution in [-0.2, 0) is 10.0 Å². The minimum absolute atomic E-state index is 0.257. The minimum atomic E-state index is -3.11. The Balaban J connectivity index is 1.82. The highest BCUT2D eigenvalue weighted by molar-refractivity contribution is 9.10. The molecule has 1 aromatic carbocycles. The summed E-state index contributed by atoms with van der Waals surface area (Å²) in [6, 6.07) is 6.17. The van der Waals surface area contributed by atoms with Crippen LogP contribution in [0.25, 0.3) is 16.5 Å². The predicted molar refractivity (Wildman–Crippen MR) is 98.9 cm³/mol. The summed E-state index contributed by atoms with van der Waals surface area (Å²) in [6.45, 7) is 3.06. The second-order valence-electron chi connectivity index (χ2n) is 5.90. The van der Waals surface area contributed by atoms with Crippen LogP contribution in [-0.4, -0.2) is 36.5 Å². The summed E-state index contributed by atoms with van der Waals surface area (Å²) in [6.07, 6.45) is 6.45. The molecule has 0 fully saturated rings. The first-order valence-electron chi connectivity index (χ1n) is 7.95. The number of nitrogens with one attached hydrogen (secondary N) is 1. The maximum absolute atomic E-state index is 12.3. The SMILES string of the molecule is CCCCS(=O)(=O)N1CC=C(c2c[nH]c3ccc(Br)cc23)CC1. The van der Waals surface area contributed by atoms with Crippen LogP contribution in [0.4, 0.5) is 0 Å². The maximum Gasteiger partial charge on any atom is 0.214 e. The number of sulfonamides is 1. The van der Waals surface area contributed by atoms with Gasteiger partial charge in [-0.15, -0.1) is 0 Å². The van der Waals surface area contributed by atoms with Gasteiger partial charge < -0.3 is 4.98 Å². The summed E-state index contributed by atoms with van der Waals surface area (Å²) >= 11 is 3.51. The van der Waals surface area contributed by atoms with Crippen molar-refractivity contribution >= 4 is 42.4 Å². The first-order chi connectivity index (χ1) is 11.0. The van der Waals surface area contributed by atoms with Gasteiger partial charge in [0, 0.05) is 40.2 Å². The van der Waals surface area contributed by atoms with Crippen LogP contribution in [0.2, 0.25) is 0 Å². The lowest BCUT2D eigenvalue weighted by Gasteiger charge is -2.25. The van der Waals surface area contributed by atoms with Crippen LogP contribution in [0.1, 0.15) is 31.7 Å². The number of rotatable bonds is 5. The summed E-state index contributed by atoms with van der Waals surface area (Å²) in [5.41, 5.74) is 3.49. The zero-order chi connectivity index (χ0) is 16.4. The van der Waals surface area contributed by atoms with E-state index < -0.39 is 10.0 Å². The summed E-state index contributed by atoms with van der Waals surface area (Å²) in [7, 11) is -3.11. The van der Waals surface area contributed by atoms with Crippen LogP contribution in [0.15, 0.2) is 34.9 Å². The van der Waals surface area contributed by atoms with E-state index in [1.165, 1.54) is 16.5 Å². The molecule has 6 heteroatoms. The molecule has 1 aliphatic rings. The molecule has 3 rings (SSSR count). The van der Waals surface area contributed by atoms with Crippen LogP contribution < -0.4 is 0 Å². The number of unbranched alkanes of at least 4 members (excludes halogenated alkanes) is 1. The highest BCUT2D eigenvalue weighted by Crippen LogP contribution is 2.31. The van der Waals surface area contributed by atoms with E-state index in [0.717, 1.165) is 29.3 Å². The van der Waals surface area contributed by atoms with Gasteiger partial charge in [0.25, 0.3) is 0 Å². The van der Waals surface area contributed by atoms with E-state index in [-0.39, 0.29) is 5.75 Å². The van der Waals surface area contributed by atoms with E-state index in [4.69, 9.17) is 0 Å². The number of aromatic amines is 1. The van der Waals surface area contributed by atoms with Gasteiger partial charge in [-0.05, 0) is 36.6 Å². The van der Waals surface area contributed by atoms with E-state index in [0.29, 0.717) is 13.1 Å². The Kier molecular flexibility index (Phi) is 4.94. The lowest BCUT2D eigenvalue weighted by atomic mass is 10.00. The first-order valence-corrected chi connectivity index (χ1v) is 10.4. The van der Waals surface area contributed by atoms with Gasteiger partial charge >= 0.3 is 0 Å². The van der Waals surface area contributed by atoms with Gasteiger partial charge in [0.2, 0.25) is 10.0 Å². The van der Waals surface area contributed by atoms with E-state index in [9.17, 15) is 8.42 Å². The van der Waals surface area contributed by atoms with Gasteiger partial charge in [-0.3, -0.25) is 0 Å². The van der Waals surface area contributed by atoms with Gasteiger partial charge in [0.05, 0.1) is 5.75 Å². The molecule has 1 N–H and O–H groups in total. The predicted octanol–water partition coefficient (Wildman–Crippen LogP) is 4.15. The third kappa shape index (κ3) is 3.54. The number of nitrogens with zero attached hydrogens (tertiary/aromatic N) is 1. The number of aromatic nitrogens is 1. The summed E-state index contributed by atoms with van der Waals surface area (Å²) in [4.78, 5) is 3.29. The highest BCUT2D eigenvalue weighted by atomic mass is 79.9. The second-order valence-corrected chi connectivity index (χ2v) is 8.90. The smallest absolute Gasteiger partial charge is 0.214 e. The lowest BCUT2D eigenvalue weighted by molar-refractivity contribution is 0.440. The Morgan fingerprint density at radius 3 is 2.87 bits per heavy atom. The number of fused-ring (bicyclic) bond motifs is 1. The van der Waals surface area contributed by atoms with Gasteiger partial charge in [-0.1, -0.05) is 35.4 Å². The van der Waals surface area contributed by atoms with Crippen molar-refractivity contribution in [3.8, 4) is 0 Å². The molecule has 0 unspecified atom stereocenters. The second kappa shape index (κ2) is 6.79. The van der Waals surface area contributed by atoms with Crippen LogP contribution in [0.3, 0.4) is 0 Å². The van der Waals surface area contributed by atoms with E-state index in [2.05, 4.69) is 33.1 Å². The zero-order valence-electron chi connectivity index (χ0n) is 13.2. The van der Waals surface area contributed by atoms with Gasteiger partial charge in [-0.2, -0.15) is 4.31 Å². The maximum atomic E-state index is 12.3. The Hall–Kier alpha value is -1.11. The van der Waals surface area contributed by atoms with E-state index in [1.807, 2.05) is 25.3 Å². The third-order valence-corrected chi connectivity index (χ3v) is 6.73. The molecule has 1 aromatic heterocycles. The first kappa shape index (κ1) is 16.7. The highest BCUT2D eigenvalue weighted by Gasteiger charge is 2.24. The Morgan fingerprint density at radius 2 is 2.17 bits per heavy atom. The van der Waals surface area contributed by atoms with Gasteiger partial charge in [0.15, 0.2) is 0 Å². The number of H-pyrrole nitrogens is 1.